The summed E-state index contributed by atoms with van der Waals surface area (Å²) in [4.78, 5) is 19.4. The van der Waals surface area contributed by atoms with Crippen molar-refractivity contribution >= 4 is 17.3 Å². The van der Waals surface area contributed by atoms with Gasteiger partial charge in [-0.2, -0.15) is 0 Å². The third-order valence-electron chi connectivity index (χ3n) is 7.69. The number of rotatable bonds is 5. The lowest BCUT2D eigenvalue weighted by molar-refractivity contribution is -0.153. The molecule has 4 atom stereocenters. The molecule has 0 radical (unpaired) electrons. The van der Waals surface area contributed by atoms with Crippen LogP contribution in [0.3, 0.4) is 0 Å². The summed E-state index contributed by atoms with van der Waals surface area (Å²) in [6.45, 7) is 6.97. The fraction of sp³-hybridized carbons (Fsp3) is 0.600. The van der Waals surface area contributed by atoms with E-state index in [1.54, 1.807) is 11.6 Å². The van der Waals surface area contributed by atoms with Crippen molar-refractivity contribution in [3.05, 3.63) is 51.7 Å². The van der Waals surface area contributed by atoms with Crippen LogP contribution in [0, 0.1) is 17.2 Å². The number of thiazole rings is 1. The number of ether oxygens (including phenoxy) is 1. The first-order chi connectivity index (χ1) is 15.2. The highest BCUT2D eigenvalue weighted by Crippen LogP contribution is 2.54. The van der Waals surface area contributed by atoms with Crippen LogP contribution in [0.2, 0.25) is 0 Å². The molecule has 172 valence electrons. The second kappa shape index (κ2) is 7.89. The van der Waals surface area contributed by atoms with Crippen molar-refractivity contribution < 1.29 is 19.0 Å². The predicted molar refractivity (Wildman–Crippen MR) is 121 cm³/mol. The third-order valence-corrected chi connectivity index (χ3v) is 8.33. The number of hydrogen-bond donors (Lipinski definition) is 1. The van der Waals surface area contributed by atoms with Gasteiger partial charge in [0.15, 0.2) is 0 Å². The molecule has 1 spiro atoms. The van der Waals surface area contributed by atoms with Gasteiger partial charge in [-0.25, -0.2) is 9.37 Å². The second-order valence-corrected chi connectivity index (χ2v) is 11.5. The molecule has 4 heterocycles. The first-order valence-corrected chi connectivity index (χ1v) is 12.4. The van der Waals surface area contributed by atoms with Crippen LogP contribution in [0.25, 0.3) is 0 Å². The van der Waals surface area contributed by atoms with Gasteiger partial charge < -0.3 is 9.84 Å². The number of fused-ring (bicyclic) bond motifs is 4. The van der Waals surface area contributed by atoms with Gasteiger partial charge in [-0.15, -0.1) is 11.3 Å². The van der Waals surface area contributed by atoms with E-state index in [-0.39, 0.29) is 29.4 Å². The largest absolute Gasteiger partial charge is 0.481 e. The molecular weight excluding hydrogens is 427 g/mol. The van der Waals surface area contributed by atoms with Gasteiger partial charge in [0.1, 0.15) is 5.82 Å². The number of piperidine rings is 1. The fourth-order valence-corrected chi connectivity index (χ4v) is 7.15. The number of nitrogens with zero attached hydrogens (tertiary/aromatic N) is 2. The van der Waals surface area contributed by atoms with Gasteiger partial charge in [-0.1, -0.05) is 26.8 Å². The van der Waals surface area contributed by atoms with E-state index >= 15 is 0 Å². The van der Waals surface area contributed by atoms with Gasteiger partial charge >= 0.3 is 5.97 Å². The average Bonchev–Trinajstić information content (AvgIpc) is 3.40. The lowest BCUT2D eigenvalue weighted by atomic mass is 9.72. The Morgan fingerprint density at radius 3 is 2.66 bits per heavy atom. The van der Waals surface area contributed by atoms with Crippen LogP contribution in [-0.4, -0.2) is 39.1 Å². The molecule has 0 aliphatic carbocycles. The van der Waals surface area contributed by atoms with Crippen molar-refractivity contribution in [1.29, 1.82) is 0 Å². The van der Waals surface area contributed by atoms with E-state index in [4.69, 9.17) is 4.74 Å². The number of halogens is 1. The number of benzene rings is 1. The molecule has 4 unspecified atom stereocenters. The normalized spacial score (nSPS) is 29.2. The summed E-state index contributed by atoms with van der Waals surface area (Å²) >= 11 is 1.50. The zero-order chi connectivity index (χ0) is 22.7. The maximum Gasteiger partial charge on any atom is 0.308 e. The Bertz CT molecular complexity index is 989. The minimum Gasteiger partial charge on any atom is -0.481 e. The molecule has 1 aromatic carbocycles. The number of carboxylic acids is 1. The van der Waals surface area contributed by atoms with Crippen molar-refractivity contribution in [3.8, 4) is 0 Å². The quantitative estimate of drug-likeness (QED) is 0.684. The summed E-state index contributed by atoms with van der Waals surface area (Å²) in [5, 5.41) is 12.2. The van der Waals surface area contributed by atoms with Crippen LogP contribution in [0.1, 0.15) is 63.3 Å². The standard InChI is InChI=1S/C25H31FN2O3S/c1-24(2,3)22(20(23(29)30)9-17-13-32-14-27-17)28-18-6-7-19(28)11-25(10-18)21-8-16(26)5-4-15(21)12-31-25/h4-5,8,13-14,18-20,22H,6-7,9-12H2,1-3H3,(H,29,30). The number of aromatic nitrogens is 1. The van der Waals surface area contributed by atoms with E-state index in [1.165, 1.54) is 17.4 Å². The van der Waals surface area contributed by atoms with Crippen molar-refractivity contribution in [3.63, 3.8) is 0 Å². The lowest BCUT2D eigenvalue weighted by Gasteiger charge is -2.52. The molecule has 0 saturated carbocycles. The molecule has 1 aromatic heterocycles. The molecule has 2 fully saturated rings. The summed E-state index contributed by atoms with van der Waals surface area (Å²) in [6, 6.07) is 5.34. The Kier molecular flexibility index (Phi) is 5.42. The number of hydrogen-bond acceptors (Lipinski definition) is 5. The summed E-state index contributed by atoms with van der Waals surface area (Å²) < 4.78 is 20.5. The van der Waals surface area contributed by atoms with Crippen LogP contribution in [0.5, 0.6) is 0 Å². The van der Waals surface area contributed by atoms with E-state index in [2.05, 4.69) is 30.7 Å². The van der Waals surface area contributed by atoms with Crippen molar-refractivity contribution in [2.24, 2.45) is 11.3 Å². The van der Waals surface area contributed by atoms with Gasteiger partial charge in [-0.3, -0.25) is 9.69 Å². The minimum absolute atomic E-state index is 0.120. The topological polar surface area (TPSA) is 62.7 Å². The zero-order valence-electron chi connectivity index (χ0n) is 18.9. The van der Waals surface area contributed by atoms with Crippen LogP contribution < -0.4 is 0 Å². The number of carboxylic acid groups (broad SMARTS) is 1. The molecule has 5 nitrogen and oxygen atoms in total. The van der Waals surface area contributed by atoms with E-state index in [9.17, 15) is 14.3 Å². The van der Waals surface area contributed by atoms with Gasteiger partial charge in [0.25, 0.3) is 0 Å². The highest BCUT2D eigenvalue weighted by Gasteiger charge is 2.57. The highest BCUT2D eigenvalue weighted by molar-refractivity contribution is 7.07. The summed E-state index contributed by atoms with van der Waals surface area (Å²) in [7, 11) is 0. The van der Waals surface area contributed by atoms with E-state index in [0.29, 0.717) is 13.0 Å². The molecule has 2 aromatic rings. The Balaban J connectivity index is 1.48. The molecule has 1 N–H and O–H groups in total. The molecule has 7 heteroatoms. The Morgan fingerprint density at radius 1 is 1.34 bits per heavy atom. The van der Waals surface area contributed by atoms with Gasteiger partial charge in [0.2, 0.25) is 0 Å². The van der Waals surface area contributed by atoms with Gasteiger partial charge in [-0.05, 0) is 54.4 Å². The van der Waals surface area contributed by atoms with Crippen LogP contribution in [0.15, 0.2) is 29.1 Å². The second-order valence-electron chi connectivity index (χ2n) is 10.8. The SMILES string of the molecule is CC(C)(C)C(C(Cc1cscn1)C(=O)O)N1C2CCC1CC1(C2)OCc2ccc(F)cc21. The lowest BCUT2D eigenvalue weighted by Crippen LogP contribution is -2.60. The number of carbonyl (C=O) groups is 1. The van der Waals surface area contributed by atoms with E-state index in [1.807, 2.05) is 11.4 Å². The monoisotopic (exact) mass is 458 g/mol. The maximum absolute atomic E-state index is 14.1. The van der Waals surface area contributed by atoms with Crippen molar-refractivity contribution in [2.45, 2.75) is 83.2 Å². The van der Waals surface area contributed by atoms with Crippen molar-refractivity contribution in [1.82, 2.24) is 9.88 Å². The fourth-order valence-electron chi connectivity index (χ4n) is 6.58. The Morgan fingerprint density at radius 2 is 2.06 bits per heavy atom. The van der Waals surface area contributed by atoms with E-state index < -0.39 is 17.5 Å². The molecule has 32 heavy (non-hydrogen) atoms. The first kappa shape index (κ1) is 22.0. The summed E-state index contributed by atoms with van der Waals surface area (Å²) in [5.74, 6) is -1.52. The first-order valence-electron chi connectivity index (χ1n) is 11.5. The third kappa shape index (κ3) is 3.68. The molecule has 2 saturated heterocycles. The molecule has 5 rings (SSSR count). The van der Waals surface area contributed by atoms with Gasteiger partial charge in [0, 0.05) is 29.9 Å². The minimum atomic E-state index is -0.762. The van der Waals surface area contributed by atoms with Crippen LogP contribution >= 0.6 is 11.3 Å². The Labute approximate surface area is 192 Å². The molecule has 0 amide bonds. The van der Waals surface area contributed by atoms with Gasteiger partial charge in [0.05, 0.1) is 29.3 Å². The average molecular weight is 459 g/mol. The molecule has 3 aliphatic heterocycles. The summed E-state index contributed by atoms with van der Waals surface area (Å²) in [5.41, 5.74) is 4.03. The predicted octanol–water partition coefficient (Wildman–Crippen LogP) is 4.99. The van der Waals surface area contributed by atoms with Crippen molar-refractivity contribution in [2.75, 3.05) is 0 Å². The summed E-state index contributed by atoms with van der Waals surface area (Å²) in [6.07, 6.45) is 4.06. The smallest absolute Gasteiger partial charge is 0.308 e. The van der Waals surface area contributed by atoms with Crippen LogP contribution in [0.4, 0.5) is 4.39 Å². The van der Waals surface area contributed by atoms with E-state index in [0.717, 1.165) is 42.5 Å². The van der Waals surface area contributed by atoms with Crippen LogP contribution in [-0.2, 0) is 28.2 Å². The maximum atomic E-state index is 14.1. The molecule has 2 bridgehead atoms. The molecule has 3 aliphatic rings. The molecular formula is C25H31FN2O3S. The highest BCUT2D eigenvalue weighted by atomic mass is 32.1. The zero-order valence-corrected chi connectivity index (χ0v) is 19.7. The Hall–Kier alpha value is -1.83. The number of aliphatic carboxylic acids is 1.